The van der Waals surface area contributed by atoms with Crippen molar-refractivity contribution < 1.29 is 14.7 Å². The number of carbonyl (C=O) groups is 2. The number of carbonyl (C=O) groups excluding carboxylic acids is 1. The molecule has 4 heteroatoms. The van der Waals surface area contributed by atoms with E-state index in [0.29, 0.717) is 18.4 Å². The van der Waals surface area contributed by atoms with Crippen LogP contribution in [0, 0.1) is 5.92 Å². The second-order valence-electron chi connectivity index (χ2n) is 5.55. The summed E-state index contributed by atoms with van der Waals surface area (Å²) in [7, 11) is 0. The Morgan fingerprint density at radius 1 is 1.05 bits per heavy atom. The molecule has 1 aliphatic rings. The molecule has 21 heavy (non-hydrogen) atoms. The topological polar surface area (TPSA) is 66.4 Å². The number of hydrogen-bond donors (Lipinski definition) is 2. The summed E-state index contributed by atoms with van der Waals surface area (Å²) in [5, 5.41) is 13.9. The summed E-state index contributed by atoms with van der Waals surface area (Å²) >= 11 is 0. The molecule has 0 saturated heterocycles. The molecular formula is C17H17NO3. The first-order chi connectivity index (χ1) is 10.1. The van der Waals surface area contributed by atoms with Crippen LogP contribution in [-0.2, 0) is 4.79 Å². The summed E-state index contributed by atoms with van der Waals surface area (Å²) < 4.78 is 0. The average molecular weight is 283 g/mol. The van der Waals surface area contributed by atoms with Crippen LogP contribution >= 0.6 is 0 Å². The lowest BCUT2D eigenvalue weighted by molar-refractivity contribution is -0.141. The first kappa shape index (κ1) is 13.6. The van der Waals surface area contributed by atoms with Gasteiger partial charge in [0.2, 0.25) is 0 Å². The van der Waals surface area contributed by atoms with Gasteiger partial charge in [-0.3, -0.25) is 9.59 Å². The smallest absolute Gasteiger partial charge is 0.306 e. The summed E-state index contributed by atoms with van der Waals surface area (Å²) in [6, 6.07) is 13.4. The number of amides is 1. The number of aliphatic carboxylic acids is 1. The second-order valence-corrected chi connectivity index (χ2v) is 5.55. The quantitative estimate of drug-likeness (QED) is 0.910. The van der Waals surface area contributed by atoms with Gasteiger partial charge < -0.3 is 10.4 Å². The number of fused-ring (bicyclic) bond motifs is 1. The molecule has 0 unspecified atom stereocenters. The van der Waals surface area contributed by atoms with Crippen molar-refractivity contribution in [2.24, 2.45) is 5.92 Å². The van der Waals surface area contributed by atoms with Crippen molar-refractivity contribution >= 4 is 22.6 Å². The van der Waals surface area contributed by atoms with Gasteiger partial charge in [-0.1, -0.05) is 36.4 Å². The van der Waals surface area contributed by atoms with Gasteiger partial charge in [-0.05, 0) is 36.1 Å². The molecule has 1 saturated carbocycles. The van der Waals surface area contributed by atoms with Crippen LogP contribution in [0.1, 0.15) is 29.6 Å². The van der Waals surface area contributed by atoms with Gasteiger partial charge in [-0.15, -0.1) is 0 Å². The molecular weight excluding hydrogens is 266 g/mol. The maximum atomic E-state index is 12.4. The maximum Gasteiger partial charge on any atom is 0.306 e. The Hall–Kier alpha value is -2.36. The van der Waals surface area contributed by atoms with Gasteiger partial charge in [0.15, 0.2) is 0 Å². The fourth-order valence-electron chi connectivity index (χ4n) is 3.02. The molecule has 0 aromatic heterocycles. The summed E-state index contributed by atoms with van der Waals surface area (Å²) in [6.07, 6.45) is 1.88. The molecule has 3 rings (SSSR count). The zero-order valence-corrected chi connectivity index (χ0v) is 11.6. The summed E-state index contributed by atoms with van der Waals surface area (Å²) in [5.41, 5.74) is 0.645. The second kappa shape index (κ2) is 5.56. The van der Waals surface area contributed by atoms with E-state index in [0.717, 1.165) is 17.2 Å². The van der Waals surface area contributed by atoms with Crippen molar-refractivity contribution in [1.82, 2.24) is 5.32 Å². The molecule has 108 valence electrons. The van der Waals surface area contributed by atoms with E-state index in [4.69, 9.17) is 5.11 Å². The van der Waals surface area contributed by atoms with E-state index in [1.807, 2.05) is 36.4 Å². The Balaban J connectivity index is 1.78. The highest BCUT2D eigenvalue weighted by Crippen LogP contribution is 2.26. The van der Waals surface area contributed by atoms with Gasteiger partial charge in [0.05, 0.1) is 5.92 Å². The molecule has 2 aromatic carbocycles. The Labute approximate surface area is 122 Å². The van der Waals surface area contributed by atoms with Crippen molar-refractivity contribution in [2.45, 2.75) is 25.3 Å². The summed E-state index contributed by atoms with van der Waals surface area (Å²) in [5.74, 6) is -1.22. The zero-order valence-electron chi connectivity index (χ0n) is 11.6. The standard InChI is InChI=1S/C17H17NO3/c19-16(18-13-9-8-12(10-13)17(20)21)15-7-3-5-11-4-1-2-6-14(11)15/h1-7,12-13H,8-10H2,(H,18,19)(H,20,21)/t12-,13+/m1/s1. The normalized spacial score (nSPS) is 21.3. The van der Waals surface area contributed by atoms with Gasteiger partial charge in [0.1, 0.15) is 0 Å². The first-order valence-electron chi connectivity index (χ1n) is 7.16. The lowest BCUT2D eigenvalue weighted by Crippen LogP contribution is -2.33. The molecule has 2 N–H and O–H groups in total. The van der Waals surface area contributed by atoms with E-state index in [-0.39, 0.29) is 17.9 Å². The molecule has 2 aromatic rings. The fraction of sp³-hybridized carbons (Fsp3) is 0.294. The molecule has 0 spiro atoms. The Morgan fingerprint density at radius 2 is 1.81 bits per heavy atom. The summed E-state index contributed by atoms with van der Waals surface area (Å²) in [6.45, 7) is 0. The van der Waals surface area contributed by atoms with Gasteiger partial charge in [0, 0.05) is 11.6 Å². The van der Waals surface area contributed by atoms with Gasteiger partial charge in [-0.25, -0.2) is 0 Å². The third kappa shape index (κ3) is 2.75. The highest BCUT2D eigenvalue weighted by Gasteiger charge is 2.30. The largest absolute Gasteiger partial charge is 0.481 e. The van der Waals surface area contributed by atoms with E-state index in [2.05, 4.69) is 5.32 Å². The fourth-order valence-corrected chi connectivity index (χ4v) is 3.02. The van der Waals surface area contributed by atoms with Crippen LogP contribution in [0.3, 0.4) is 0 Å². The minimum atomic E-state index is -0.767. The first-order valence-corrected chi connectivity index (χ1v) is 7.16. The van der Waals surface area contributed by atoms with E-state index >= 15 is 0 Å². The van der Waals surface area contributed by atoms with Crippen molar-refractivity contribution in [2.75, 3.05) is 0 Å². The highest BCUT2D eigenvalue weighted by molar-refractivity contribution is 6.07. The molecule has 4 nitrogen and oxygen atoms in total. The highest BCUT2D eigenvalue weighted by atomic mass is 16.4. The Morgan fingerprint density at radius 3 is 2.57 bits per heavy atom. The van der Waals surface area contributed by atoms with Gasteiger partial charge in [0.25, 0.3) is 5.91 Å². The predicted molar refractivity (Wildman–Crippen MR) is 80.2 cm³/mol. The predicted octanol–water partition coefficient (Wildman–Crippen LogP) is 2.82. The third-order valence-electron chi connectivity index (χ3n) is 4.15. The summed E-state index contributed by atoms with van der Waals surface area (Å²) in [4.78, 5) is 23.4. The van der Waals surface area contributed by atoms with E-state index in [1.54, 1.807) is 6.07 Å². The number of carboxylic acids is 1. The molecule has 1 fully saturated rings. The van der Waals surface area contributed by atoms with E-state index in [9.17, 15) is 9.59 Å². The van der Waals surface area contributed by atoms with Crippen LogP contribution in [0.2, 0.25) is 0 Å². The Kier molecular flexibility index (Phi) is 3.60. The minimum absolute atomic E-state index is 0.0439. The lowest BCUT2D eigenvalue weighted by Gasteiger charge is -2.13. The van der Waals surface area contributed by atoms with Gasteiger partial charge >= 0.3 is 5.97 Å². The molecule has 0 heterocycles. The van der Waals surface area contributed by atoms with Crippen LogP contribution in [0.4, 0.5) is 0 Å². The molecule has 0 aliphatic heterocycles. The third-order valence-corrected chi connectivity index (χ3v) is 4.15. The lowest BCUT2D eigenvalue weighted by atomic mass is 10.0. The number of nitrogens with one attached hydrogen (secondary N) is 1. The van der Waals surface area contributed by atoms with Gasteiger partial charge in [-0.2, -0.15) is 0 Å². The number of benzene rings is 2. The molecule has 1 aliphatic carbocycles. The number of rotatable bonds is 3. The molecule has 0 radical (unpaired) electrons. The average Bonchev–Trinajstić information content (AvgIpc) is 2.95. The minimum Gasteiger partial charge on any atom is -0.481 e. The maximum absolute atomic E-state index is 12.4. The van der Waals surface area contributed by atoms with E-state index < -0.39 is 5.97 Å². The van der Waals surface area contributed by atoms with Crippen LogP contribution in [0.5, 0.6) is 0 Å². The molecule has 2 atom stereocenters. The van der Waals surface area contributed by atoms with Crippen molar-refractivity contribution in [3.63, 3.8) is 0 Å². The van der Waals surface area contributed by atoms with Crippen LogP contribution in [0.25, 0.3) is 10.8 Å². The van der Waals surface area contributed by atoms with Crippen LogP contribution in [-0.4, -0.2) is 23.0 Å². The van der Waals surface area contributed by atoms with Crippen molar-refractivity contribution in [3.05, 3.63) is 48.0 Å². The van der Waals surface area contributed by atoms with Crippen molar-refractivity contribution in [3.8, 4) is 0 Å². The SMILES string of the molecule is O=C(N[C@H]1CC[C@@H](C(=O)O)C1)c1cccc2ccccc12. The monoisotopic (exact) mass is 283 g/mol. The zero-order chi connectivity index (χ0) is 14.8. The number of carboxylic acid groups (broad SMARTS) is 1. The molecule has 1 amide bonds. The van der Waals surface area contributed by atoms with E-state index in [1.165, 1.54) is 0 Å². The molecule has 0 bridgehead atoms. The van der Waals surface area contributed by atoms with Crippen LogP contribution in [0.15, 0.2) is 42.5 Å². The number of hydrogen-bond acceptors (Lipinski definition) is 2. The Bertz CT molecular complexity index is 690. The van der Waals surface area contributed by atoms with Crippen LogP contribution < -0.4 is 5.32 Å². The van der Waals surface area contributed by atoms with Crippen molar-refractivity contribution in [1.29, 1.82) is 0 Å².